The fourth-order valence-electron chi connectivity index (χ4n) is 2.38. The Morgan fingerprint density at radius 2 is 1.72 bits per heavy atom. The van der Waals surface area contributed by atoms with Crippen LogP contribution in [0.5, 0.6) is 0 Å². The summed E-state index contributed by atoms with van der Waals surface area (Å²) in [5.41, 5.74) is 8.44. The zero-order valence-electron chi connectivity index (χ0n) is 13.4. The van der Waals surface area contributed by atoms with E-state index in [2.05, 4.69) is 10.3 Å². The number of amides is 2. The number of nitrogens with zero attached hydrogens (tertiary/aromatic N) is 1. The minimum atomic E-state index is -0.380. The number of benzene rings is 2. The van der Waals surface area contributed by atoms with Crippen LogP contribution in [-0.2, 0) is 22.4 Å². The Morgan fingerprint density at radius 1 is 1.00 bits per heavy atom. The first-order valence-corrected chi connectivity index (χ1v) is 8.65. The molecule has 0 spiro atoms. The molecule has 25 heavy (non-hydrogen) atoms. The van der Waals surface area contributed by atoms with Crippen LogP contribution in [0.15, 0.2) is 60.0 Å². The van der Waals surface area contributed by atoms with Crippen LogP contribution in [0.4, 0.5) is 5.69 Å². The van der Waals surface area contributed by atoms with Crippen molar-refractivity contribution in [3.8, 4) is 10.6 Å². The molecule has 1 heterocycles. The Morgan fingerprint density at radius 3 is 2.40 bits per heavy atom. The van der Waals surface area contributed by atoms with Crippen molar-refractivity contribution >= 4 is 28.8 Å². The van der Waals surface area contributed by atoms with Gasteiger partial charge in [0.2, 0.25) is 11.8 Å². The molecule has 2 amide bonds. The van der Waals surface area contributed by atoms with Gasteiger partial charge in [-0.2, -0.15) is 0 Å². The quantitative estimate of drug-likeness (QED) is 0.716. The van der Waals surface area contributed by atoms with Crippen molar-refractivity contribution in [3.05, 3.63) is 71.2 Å². The molecule has 0 bridgehead atoms. The number of hydrogen-bond acceptors (Lipinski definition) is 4. The average Bonchev–Trinajstić information content (AvgIpc) is 3.05. The summed E-state index contributed by atoms with van der Waals surface area (Å²) >= 11 is 1.52. The maximum Gasteiger partial charge on any atom is 0.230 e. The molecule has 0 unspecified atom stereocenters. The molecule has 3 N–H and O–H groups in total. The predicted molar refractivity (Wildman–Crippen MR) is 99.2 cm³/mol. The summed E-state index contributed by atoms with van der Waals surface area (Å²) in [6.45, 7) is 0. The van der Waals surface area contributed by atoms with Gasteiger partial charge in [0.1, 0.15) is 5.01 Å². The van der Waals surface area contributed by atoms with E-state index in [1.54, 1.807) is 24.3 Å². The highest BCUT2D eigenvalue weighted by atomic mass is 32.1. The van der Waals surface area contributed by atoms with E-state index >= 15 is 0 Å². The Labute approximate surface area is 149 Å². The zero-order chi connectivity index (χ0) is 17.6. The molecule has 5 nitrogen and oxygen atoms in total. The van der Waals surface area contributed by atoms with E-state index in [-0.39, 0.29) is 24.7 Å². The lowest BCUT2D eigenvalue weighted by molar-refractivity contribution is -0.117. The van der Waals surface area contributed by atoms with Crippen molar-refractivity contribution in [1.82, 2.24) is 4.98 Å². The van der Waals surface area contributed by atoms with Gasteiger partial charge in [0.15, 0.2) is 0 Å². The predicted octanol–water partition coefficient (Wildman–Crippen LogP) is 3.02. The molecule has 3 aromatic rings. The fourth-order valence-corrected chi connectivity index (χ4v) is 3.20. The molecular weight excluding hydrogens is 334 g/mol. The number of carbonyl (C=O) groups excluding carboxylic acids is 2. The molecule has 6 heteroatoms. The third-order valence-electron chi connectivity index (χ3n) is 3.53. The number of hydrogen-bond donors (Lipinski definition) is 2. The summed E-state index contributed by atoms with van der Waals surface area (Å²) < 4.78 is 0. The van der Waals surface area contributed by atoms with Gasteiger partial charge in [-0.3, -0.25) is 9.59 Å². The number of carbonyl (C=O) groups is 2. The maximum absolute atomic E-state index is 12.2. The van der Waals surface area contributed by atoms with E-state index in [1.807, 2.05) is 35.7 Å². The van der Waals surface area contributed by atoms with Crippen molar-refractivity contribution < 1.29 is 9.59 Å². The number of anilines is 1. The van der Waals surface area contributed by atoms with Gasteiger partial charge in [0, 0.05) is 16.6 Å². The van der Waals surface area contributed by atoms with E-state index < -0.39 is 0 Å². The molecule has 0 saturated carbocycles. The molecule has 3 rings (SSSR count). The Balaban J connectivity index is 1.59. The molecule has 0 aliphatic carbocycles. The van der Waals surface area contributed by atoms with Gasteiger partial charge in [-0.15, -0.1) is 11.3 Å². The van der Waals surface area contributed by atoms with E-state index in [0.29, 0.717) is 5.69 Å². The molecule has 0 aliphatic rings. The van der Waals surface area contributed by atoms with Crippen molar-refractivity contribution in [3.63, 3.8) is 0 Å². The average molecular weight is 351 g/mol. The van der Waals surface area contributed by atoms with Crippen LogP contribution in [0.2, 0.25) is 0 Å². The van der Waals surface area contributed by atoms with E-state index in [9.17, 15) is 9.59 Å². The fraction of sp³-hybridized carbons (Fsp3) is 0.105. The van der Waals surface area contributed by atoms with Crippen LogP contribution in [-0.4, -0.2) is 16.8 Å². The number of nitrogens with two attached hydrogens (primary N) is 1. The van der Waals surface area contributed by atoms with Crippen LogP contribution in [0.1, 0.15) is 11.3 Å². The van der Waals surface area contributed by atoms with Crippen LogP contribution in [0.25, 0.3) is 10.6 Å². The largest absolute Gasteiger partial charge is 0.369 e. The SMILES string of the molecule is NC(=O)Cc1ccc(NC(=O)Cc2csc(-c3ccccc3)n2)cc1. The Kier molecular flexibility index (Phi) is 5.20. The molecule has 0 fully saturated rings. The summed E-state index contributed by atoms with van der Waals surface area (Å²) in [6, 6.07) is 16.9. The molecule has 0 saturated heterocycles. The van der Waals surface area contributed by atoms with Gasteiger partial charge in [0.05, 0.1) is 18.5 Å². The molecule has 126 valence electrons. The second-order valence-corrected chi connectivity index (χ2v) is 6.43. The molecule has 0 atom stereocenters. The van der Waals surface area contributed by atoms with Crippen LogP contribution < -0.4 is 11.1 Å². The molecule has 0 aliphatic heterocycles. The lowest BCUT2D eigenvalue weighted by atomic mass is 10.1. The number of aromatic nitrogens is 1. The van der Waals surface area contributed by atoms with Crippen molar-refractivity contribution in [2.75, 3.05) is 5.32 Å². The van der Waals surface area contributed by atoms with E-state index in [1.165, 1.54) is 11.3 Å². The van der Waals surface area contributed by atoms with Crippen molar-refractivity contribution in [2.24, 2.45) is 5.73 Å². The Bertz CT molecular complexity index is 873. The standard InChI is InChI=1S/C19H17N3O2S/c20-17(23)10-13-6-8-15(9-7-13)21-18(24)11-16-12-25-19(22-16)14-4-2-1-3-5-14/h1-9,12H,10-11H2,(H2,20,23)(H,21,24). The number of rotatable bonds is 6. The third kappa shape index (κ3) is 4.74. The van der Waals surface area contributed by atoms with Crippen LogP contribution in [0, 0.1) is 0 Å². The van der Waals surface area contributed by atoms with Gasteiger partial charge < -0.3 is 11.1 Å². The second kappa shape index (κ2) is 7.72. The van der Waals surface area contributed by atoms with E-state index in [0.717, 1.165) is 21.8 Å². The zero-order valence-corrected chi connectivity index (χ0v) is 14.3. The summed E-state index contributed by atoms with van der Waals surface area (Å²) in [6.07, 6.45) is 0.404. The normalized spacial score (nSPS) is 10.4. The second-order valence-electron chi connectivity index (χ2n) is 5.57. The third-order valence-corrected chi connectivity index (χ3v) is 4.47. The van der Waals surface area contributed by atoms with Crippen LogP contribution >= 0.6 is 11.3 Å². The lowest BCUT2D eigenvalue weighted by Crippen LogP contribution is -2.15. The number of nitrogens with one attached hydrogen (secondary N) is 1. The highest BCUT2D eigenvalue weighted by molar-refractivity contribution is 7.13. The number of primary amides is 1. The minimum absolute atomic E-state index is 0.132. The maximum atomic E-state index is 12.2. The molecule has 2 aromatic carbocycles. The van der Waals surface area contributed by atoms with Gasteiger partial charge in [-0.25, -0.2) is 4.98 Å². The van der Waals surface area contributed by atoms with Gasteiger partial charge in [-0.1, -0.05) is 42.5 Å². The van der Waals surface area contributed by atoms with E-state index in [4.69, 9.17) is 5.73 Å². The first kappa shape index (κ1) is 16.9. The summed E-state index contributed by atoms with van der Waals surface area (Å²) in [5.74, 6) is -0.512. The first-order valence-electron chi connectivity index (χ1n) is 7.77. The van der Waals surface area contributed by atoms with Crippen molar-refractivity contribution in [1.29, 1.82) is 0 Å². The summed E-state index contributed by atoms with van der Waals surface area (Å²) in [7, 11) is 0. The van der Waals surface area contributed by atoms with Crippen molar-refractivity contribution in [2.45, 2.75) is 12.8 Å². The van der Waals surface area contributed by atoms with Crippen LogP contribution in [0.3, 0.4) is 0 Å². The minimum Gasteiger partial charge on any atom is -0.369 e. The summed E-state index contributed by atoms with van der Waals surface area (Å²) in [5, 5.41) is 5.63. The summed E-state index contributed by atoms with van der Waals surface area (Å²) in [4.78, 5) is 27.6. The number of thiazole rings is 1. The highest BCUT2D eigenvalue weighted by Crippen LogP contribution is 2.23. The van der Waals surface area contributed by atoms with Gasteiger partial charge >= 0.3 is 0 Å². The molecular formula is C19H17N3O2S. The smallest absolute Gasteiger partial charge is 0.230 e. The monoisotopic (exact) mass is 351 g/mol. The Hall–Kier alpha value is -2.99. The topological polar surface area (TPSA) is 85.1 Å². The molecule has 1 aromatic heterocycles. The highest BCUT2D eigenvalue weighted by Gasteiger charge is 2.09. The van der Waals surface area contributed by atoms with Gasteiger partial charge in [-0.05, 0) is 17.7 Å². The first-order chi connectivity index (χ1) is 12.1. The molecule has 0 radical (unpaired) electrons. The van der Waals surface area contributed by atoms with Gasteiger partial charge in [0.25, 0.3) is 0 Å². The lowest BCUT2D eigenvalue weighted by Gasteiger charge is -2.05.